The first-order chi connectivity index (χ1) is 6.60. The minimum Gasteiger partial charge on any atom is -0.356 e. The summed E-state index contributed by atoms with van der Waals surface area (Å²) in [6.45, 7) is 0. The number of aromatic nitrogens is 1. The Kier molecular flexibility index (Phi) is 2.85. The number of hydrogen-bond donors (Lipinski definition) is 4. The molecule has 0 spiro atoms. The molecule has 0 unspecified atom stereocenters. The number of rotatable bonds is 2. The standard InChI is InChI=1S/C7H11N5O2/c1-12-2-4(6(13)10-8)5(3-12)7(14)11-9/h2-3H,8-9H2,1H3,(H,10,13)(H,11,14). The molecule has 0 aliphatic rings. The maximum atomic E-state index is 11.2. The summed E-state index contributed by atoms with van der Waals surface area (Å²) in [5, 5.41) is 0. The molecule has 1 aromatic rings. The fourth-order valence-corrected chi connectivity index (χ4v) is 1.10. The SMILES string of the molecule is Cn1cc(C(=O)NN)c(C(=O)NN)c1. The molecule has 7 nitrogen and oxygen atoms in total. The first kappa shape index (κ1) is 10.2. The van der Waals surface area contributed by atoms with Gasteiger partial charge in [-0.1, -0.05) is 0 Å². The van der Waals surface area contributed by atoms with Gasteiger partial charge in [0.25, 0.3) is 11.8 Å². The van der Waals surface area contributed by atoms with Crippen LogP contribution in [0.4, 0.5) is 0 Å². The predicted octanol–water partition coefficient (Wildman–Crippen LogP) is -1.77. The number of hydrogen-bond acceptors (Lipinski definition) is 4. The van der Waals surface area contributed by atoms with Gasteiger partial charge >= 0.3 is 0 Å². The van der Waals surface area contributed by atoms with Gasteiger partial charge in [0.2, 0.25) is 0 Å². The number of hydrazine groups is 2. The maximum Gasteiger partial charge on any atom is 0.267 e. The summed E-state index contributed by atoms with van der Waals surface area (Å²) in [6.07, 6.45) is 2.96. The summed E-state index contributed by atoms with van der Waals surface area (Å²) in [6, 6.07) is 0. The Morgan fingerprint density at radius 3 is 1.79 bits per heavy atom. The van der Waals surface area contributed by atoms with Gasteiger partial charge in [-0.05, 0) is 0 Å². The van der Waals surface area contributed by atoms with Crippen LogP contribution < -0.4 is 22.5 Å². The monoisotopic (exact) mass is 197 g/mol. The maximum absolute atomic E-state index is 11.2. The molecule has 2 amide bonds. The van der Waals surface area contributed by atoms with E-state index in [1.807, 2.05) is 10.9 Å². The number of nitrogens with zero attached hydrogens (tertiary/aromatic N) is 1. The van der Waals surface area contributed by atoms with Crippen molar-refractivity contribution in [1.82, 2.24) is 15.4 Å². The second-order valence-corrected chi connectivity index (χ2v) is 2.70. The van der Waals surface area contributed by atoms with E-state index in [1.165, 1.54) is 12.4 Å². The highest BCUT2D eigenvalue weighted by atomic mass is 16.2. The Morgan fingerprint density at radius 2 is 1.50 bits per heavy atom. The molecule has 0 aliphatic heterocycles. The molecule has 0 aromatic carbocycles. The van der Waals surface area contributed by atoms with Crippen LogP contribution in [0.1, 0.15) is 20.7 Å². The first-order valence-electron chi connectivity index (χ1n) is 3.78. The van der Waals surface area contributed by atoms with E-state index in [-0.39, 0.29) is 11.1 Å². The van der Waals surface area contributed by atoms with Crippen molar-refractivity contribution in [1.29, 1.82) is 0 Å². The van der Waals surface area contributed by atoms with E-state index in [0.717, 1.165) is 0 Å². The molecule has 1 heterocycles. The number of amides is 2. The zero-order valence-corrected chi connectivity index (χ0v) is 7.57. The van der Waals surface area contributed by atoms with Crippen LogP contribution in [0.3, 0.4) is 0 Å². The summed E-state index contributed by atoms with van der Waals surface area (Å²) in [5.74, 6) is 8.83. The average molecular weight is 197 g/mol. The molecular weight excluding hydrogens is 186 g/mol. The van der Waals surface area contributed by atoms with Crippen molar-refractivity contribution in [2.75, 3.05) is 0 Å². The fourth-order valence-electron chi connectivity index (χ4n) is 1.10. The van der Waals surface area contributed by atoms with Crippen LogP contribution >= 0.6 is 0 Å². The van der Waals surface area contributed by atoms with Crippen molar-refractivity contribution in [2.45, 2.75) is 0 Å². The third-order valence-corrected chi connectivity index (χ3v) is 1.71. The molecule has 6 N–H and O–H groups in total. The lowest BCUT2D eigenvalue weighted by molar-refractivity contribution is 0.0920. The lowest BCUT2D eigenvalue weighted by Crippen LogP contribution is -2.34. The van der Waals surface area contributed by atoms with E-state index in [2.05, 4.69) is 0 Å². The van der Waals surface area contributed by atoms with Crippen LogP contribution in [0.2, 0.25) is 0 Å². The molecule has 0 saturated heterocycles. The van der Waals surface area contributed by atoms with Gasteiger partial charge < -0.3 is 4.57 Å². The molecule has 76 valence electrons. The summed E-state index contributed by atoms with van der Waals surface area (Å²) >= 11 is 0. The molecule has 0 radical (unpaired) electrons. The van der Waals surface area contributed by atoms with Crippen molar-refractivity contribution in [3.8, 4) is 0 Å². The van der Waals surface area contributed by atoms with Gasteiger partial charge in [-0.2, -0.15) is 0 Å². The van der Waals surface area contributed by atoms with Gasteiger partial charge in [0.05, 0.1) is 11.1 Å². The molecule has 14 heavy (non-hydrogen) atoms. The largest absolute Gasteiger partial charge is 0.356 e. The quantitative estimate of drug-likeness (QED) is 0.255. The van der Waals surface area contributed by atoms with Gasteiger partial charge in [0.1, 0.15) is 0 Å². The Labute approximate surface area is 80.0 Å². The first-order valence-corrected chi connectivity index (χ1v) is 3.78. The highest BCUT2D eigenvalue weighted by Crippen LogP contribution is 2.09. The molecule has 1 rings (SSSR count). The number of carbonyl (C=O) groups excluding carboxylic acids is 2. The van der Waals surface area contributed by atoms with Crippen molar-refractivity contribution in [3.05, 3.63) is 23.5 Å². The van der Waals surface area contributed by atoms with E-state index in [9.17, 15) is 9.59 Å². The Hall–Kier alpha value is -1.86. The van der Waals surface area contributed by atoms with E-state index >= 15 is 0 Å². The predicted molar refractivity (Wildman–Crippen MR) is 48.7 cm³/mol. The van der Waals surface area contributed by atoms with E-state index in [1.54, 1.807) is 11.6 Å². The smallest absolute Gasteiger partial charge is 0.267 e. The van der Waals surface area contributed by atoms with Crippen LogP contribution in [-0.2, 0) is 7.05 Å². The van der Waals surface area contributed by atoms with Crippen molar-refractivity contribution in [2.24, 2.45) is 18.7 Å². The summed E-state index contributed by atoms with van der Waals surface area (Å²) in [7, 11) is 1.68. The van der Waals surface area contributed by atoms with Gasteiger partial charge in [-0.15, -0.1) is 0 Å². The van der Waals surface area contributed by atoms with Crippen LogP contribution in [0.25, 0.3) is 0 Å². The van der Waals surface area contributed by atoms with E-state index in [4.69, 9.17) is 11.7 Å². The van der Waals surface area contributed by atoms with Crippen LogP contribution in [0.15, 0.2) is 12.4 Å². The van der Waals surface area contributed by atoms with Crippen LogP contribution in [0.5, 0.6) is 0 Å². The average Bonchev–Trinajstić information content (AvgIpc) is 2.58. The highest BCUT2D eigenvalue weighted by Gasteiger charge is 2.17. The molecule has 0 fully saturated rings. The van der Waals surface area contributed by atoms with Gasteiger partial charge in [0, 0.05) is 19.4 Å². The van der Waals surface area contributed by atoms with E-state index in [0.29, 0.717) is 0 Å². The number of nitrogens with one attached hydrogen (secondary N) is 2. The zero-order chi connectivity index (χ0) is 10.7. The molecule has 0 atom stereocenters. The normalized spacial score (nSPS) is 9.64. The van der Waals surface area contributed by atoms with Crippen LogP contribution in [-0.4, -0.2) is 16.4 Å². The summed E-state index contributed by atoms with van der Waals surface area (Å²) in [5.41, 5.74) is 4.24. The third-order valence-electron chi connectivity index (χ3n) is 1.71. The van der Waals surface area contributed by atoms with Gasteiger partial charge in [-0.25, -0.2) is 11.7 Å². The number of nitrogen functional groups attached to an aromatic ring is 2. The molecule has 0 bridgehead atoms. The zero-order valence-electron chi connectivity index (χ0n) is 7.57. The van der Waals surface area contributed by atoms with Crippen LogP contribution in [0, 0.1) is 0 Å². The molecule has 7 heteroatoms. The lowest BCUT2D eigenvalue weighted by Gasteiger charge is -1.99. The summed E-state index contributed by atoms with van der Waals surface area (Å²) < 4.78 is 1.56. The molecular formula is C7H11N5O2. The lowest BCUT2D eigenvalue weighted by atomic mass is 10.2. The van der Waals surface area contributed by atoms with Crippen molar-refractivity contribution in [3.63, 3.8) is 0 Å². The Morgan fingerprint density at radius 1 is 1.14 bits per heavy atom. The molecule has 0 aliphatic carbocycles. The Balaban J connectivity index is 3.15. The van der Waals surface area contributed by atoms with Crippen molar-refractivity contribution >= 4 is 11.8 Å². The molecule has 0 saturated carbocycles. The second kappa shape index (κ2) is 3.90. The highest BCUT2D eigenvalue weighted by molar-refractivity contribution is 6.06. The Bertz CT molecular complexity index is 337. The number of nitrogens with two attached hydrogens (primary N) is 2. The van der Waals surface area contributed by atoms with Gasteiger partial charge in [0.15, 0.2) is 0 Å². The van der Waals surface area contributed by atoms with E-state index < -0.39 is 11.8 Å². The molecule has 1 aromatic heterocycles. The summed E-state index contributed by atoms with van der Waals surface area (Å²) in [4.78, 5) is 22.4. The minimum atomic E-state index is -0.538. The second-order valence-electron chi connectivity index (χ2n) is 2.70. The minimum absolute atomic E-state index is 0.179. The third kappa shape index (κ3) is 1.73. The number of carbonyl (C=O) groups is 2. The topological polar surface area (TPSA) is 115 Å². The number of aryl methyl sites for hydroxylation is 1. The van der Waals surface area contributed by atoms with Crippen molar-refractivity contribution < 1.29 is 9.59 Å². The fraction of sp³-hybridized carbons (Fsp3) is 0.143. The van der Waals surface area contributed by atoms with Gasteiger partial charge in [-0.3, -0.25) is 20.4 Å².